The van der Waals surface area contributed by atoms with Crippen molar-refractivity contribution in [2.75, 3.05) is 5.73 Å². The first-order valence-corrected chi connectivity index (χ1v) is 5.86. The third-order valence-corrected chi connectivity index (χ3v) is 3.01. The Morgan fingerprint density at radius 2 is 2.16 bits per heavy atom. The predicted molar refractivity (Wildman–Crippen MR) is 73.7 cm³/mol. The normalized spacial score (nSPS) is 10.8. The zero-order valence-corrected chi connectivity index (χ0v) is 10.3. The van der Waals surface area contributed by atoms with Crippen molar-refractivity contribution in [1.82, 2.24) is 15.0 Å². The average Bonchev–Trinajstić information content (AvgIpc) is 2.82. The van der Waals surface area contributed by atoms with Gasteiger partial charge < -0.3 is 10.7 Å². The fourth-order valence-electron chi connectivity index (χ4n) is 2.15. The van der Waals surface area contributed by atoms with E-state index in [0.29, 0.717) is 22.6 Å². The number of rotatable bonds is 2. The fraction of sp³-hybridized carbons (Fsp3) is 0.0714. The number of hydrogen-bond acceptors (Lipinski definition) is 4. The van der Waals surface area contributed by atoms with Gasteiger partial charge >= 0.3 is 0 Å². The summed E-state index contributed by atoms with van der Waals surface area (Å²) in [6.07, 6.45) is 3.14. The van der Waals surface area contributed by atoms with Gasteiger partial charge in [0.15, 0.2) is 5.78 Å². The maximum atomic E-state index is 11.7. The second-order valence-electron chi connectivity index (χ2n) is 4.33. The van der Waals surface area contributed by atoms with Crippen LogP contribution >= 0.6 is 0 Å². The van der Waals surface area contributed by atoms with Crippen LogP contribution in [-0.2, 0) is 0 Å². The number of nitrogens with one attached hydrogen (secondary N) is 1. The molecule has 3 rings (SSSR count). The predicted octanol–water partition coefficient (Wildman–Crippen LogP) is 2.41. The van der Waals surface area contributed by atoms with Crippen LogP contribution in [0, 0.1) is 0 Å². The van der Waals surface area contributed by atoms with Crippen LogP contribution < -0.4 is 5.73 Å². The Kier molecular flexibility index (Phi) is 2.52. The van der Waals surface area contributed by atoms with Crippen LogP contribution in [-0.4, -0.2) is 20.7 Å². The molecule has 0 amide bonds. The molecule has 2 heterocycles. The molecule has 5 nitrogen and oxygen atoms in total. The lowest BCUT2D eigenvalue weighted by atomic mass is 10.0. The monoisotopic (exact) mass is 252 g/mol. The third kappa shape index (κ3) is 1.85. The SMILES string of the molecule is CC(=O)c1c[nH]c2ncnc(-c3cccc(N)c3)c12. The molecule has 0 bridgehead atoms. The Morgan fingerprint density at radius 1 is 1.32 bits per heavy atom. The summed E-state index contributed by atoms with van der Waals surface area (Å²) in [7, 11) is 0. The molecule has 0 aliphatic carbocycles. The van der Waals surface area contributed by atoms with Crippen molar-refractivity contribution in [1.29, 1.82) is 0 Å². The number of nitrogens with two attached hydrogens (primary N) is 1. The molecule has 19 heavy (non-hydrogen) atoms. The van der Waals surface area contributed by atoms with Crippen LogP contribution in [0.1, 0.15) is 17.3 Å². The number of ketones is 1. The average molecular weight is 252 g/mol. The minimum absolute atomic E-state index is 0.0220. The molecule has 0 aliphatic rings. The minimum Gasteiger partial charge on any atom is -0.399 e. The number of carbonyl (C=O) groups is 1. The Morgan fingerprint density at radius 3 is 2.89 bits per heavy atom. The summed E-state index contributed by atoms with van der Waals surface area (Å²) in [5.41, 5.74) is 9.27. The van der Waals surface area contributed by atoms with E-state index in [2.05, 4.69) is 15.0 Å². The number of carbonyl (C=O) groups excluding carboxylic acids is 1. The van der Waals surface area contributed by atoms with Crippen molar-refractivity contribution in [2.45, 2.75) is 6.92 Å². The van der Waals surface area contributed by atoms with Crippen molar-refractivity contribution in [3.63, 3.8) is 0 Å². The smallest absolute Gasteiger partial charge is 0.162 e. The highest BCUT2D eigenvalue weighted by Crippen LogP contribution is 2.29. The summed E-state index contributed by atoms with van der Waals surface area (Å²) in [5, 5.41) is 0.737. The van der Waals surface area contributed by atoms with Gasteiger partial charge in [-0.25, -0.2) is 9.97 Å². The van der Waals surface area contributed by atoms with Gasteiger partial charge in [-0.15, -0.1) is 0 Å². The molecule has 3 aromatic rings. The molecule has 0 unspecified atom stereocenters. The largest absolute Gasteiger partial charge is 0.399 e. The lowest BCUT2D eigenvalue weighted by Crippen LogP contribution is -1.94. The van der Waals surface area contributed by atoms with Gasteiger partial charge in [-0.2, -0.15) is 0 Å². The molecule has 2 aromatic heterocycles. The molecule has 1 aromatic carbocycles. The van der Waals surface area contributed by atoms with E-state index in [4.69, 9.17) is 5.73 Å². The van der Waals surface area contributed by atoms with E-state index < -0.39 is 0 Å². The molecule has 0 saturated carbocycles. The van der Waals surface area contributed by atoms with Crippen LogP contribution in [0.25, 0.3) is 22.3 Å². The van der Waals surface area contributed by atoms with Gasteiger partial charge in [-0.1, -0.05) is 12.1 Å². The Labute approximate surface area is 109 Å². The summed E-state index contributed by atoms with van der Waals surface area (Å²) in [4.78, 5) is 23.1. The number of H-pyrrole nitrogens is 1. The van der Waals surface area contributed by atoms with Gasteiger partial charge in [-0.3, -0.25) is 4.79 Å². The summed E-state index contributed by atoms with van der Waals surface area (Å²) >= 11 is 0. The summed E-state index contributed by atoms with van der Waals surface area (Å²) in [5.74, 6) is -0.0220. The molecule has 0 radical (unpaired) electrons. The Bertz CT molecular complexity index is 776. The Hall–Kier alpha value is -2.69. The summed E-state index contributed by atoms with van der Waals surface area (Å²) in [6.45, 7) is 1.53. The highest BCUT2D eigenvalue weighted by Gasteiger charge is 2.15. The first kappa shape index (κ1) is 11.4. The highest BCUT2D eigenvalue weighted by atomic mass is 16.1. The number of anilines is 1. The number of nitrogen functional groups attached to an aromatic ring is 1. The zero-order chi connectivity index (χ0) is 13.4. The number of nitrogens with zero attached hydrogens (tertiary/aromatic N) is 2. The summed E-state index contributed by atoms with van der Waals surface area (Å²) in [6, 6.07) is 7.41. The van der Waals surface area contributed by atoms with E-state index in [1.54, 1.807) is 6.20 Å². The van der Waals surface area contributed by atoms with Crippen molar-refractivity contribution >= 4 is 22.5 Å². The number of Topliss-reactive ketones (excluding diaryl/α,β-unsaturated/α-hetero) is 1. The van der Waals surface area contributed by atoms with Crippen LogP contribution in [0.5, 0.6) is 0 Å². The molecule has 5 heteroatoms. The molecule has 0 saturated heterocycles. The molecule has 0 aliphatic heterocycles. The number of fused-ring (bicyclic) bond motifs is 1. The standard InChI is InChI=1S/C14H12N4O/c1-8(19)11-6-16-14-12(11)13(17-7-18-14)9-3-2-4-10(15)5-9/h2-7H,15H2,1H3,(H,16,17,18). The fourth-order valence-corrected chi connectivity index (χ4v) is 2.15. The maximum absolute atomic E-state index is 11.7. The second-order valence-corrected chi connectivity index (χ2v) is 4.33. The van der Waals surface area contributed by atoms with E-state index in [9.17, 15) is 4.79 Å². The van der Waals surface area contributed by atoms with Crippen molar-refractivity contribution < 1.29 is 4.79 Å². The van der Waals surface area contributed by atoms with Crippen molar-refractivity contribution in [3.8, 4) is 11.3 Å². The third-order valence-electron chi connectivity index (χ3n) is 3.01. The highest BCUT2D eigenvalue weighted by molar-refractivity contribution is 6.10. The van der Waals surface area contributed by atoms with E-state index in [0.717, 1.165) is 10.9 Å². The molecule has 0 spiro atoms. The number of aromatic nitrogens is 3. The molecule has 0 fully saturated rings. The van der Waals surface area contributed by atoms with Crippen molar-refractivity contribution in [2.24, 2.45) is 0 Å². The molecule has 94 valence electrons. The zero-order valence-electron chi connectivity index (χ0n) is 10.3. The van der Waals surface area contributed by atoms with Gasteiger partial charge in [0.25, 0.3) is 0 Å². The Balaban J connectivity index is 2.35. The number of hydrogen-bond donors (Lipinski definition) is 2. The topological polar surface area (TPSA) is 84.7 Å². The van der Waals surface area contributed by atoms with Gasteiger partial charge in [0.2, 0.25) is 0 Å². The van der Waals surface area contributed by atoms with Crippen LogP contribution in [0.2, 0.25) is 0 Å². The molecule has 0 atom stereocenters. The molecular weight excluding hydrogens is 240 g/mol. The molecule has 3 N–H and O–H groups in total. The van der Waals surface area contributed by atoms with Crippen LogP contribution in [0.4, 0.5) is 5.69 Å². The summed E-state index contributed by atoms with van der Waals surface area (Å²) < 4.78 is 0. The van der Waals surface area contributed by atoms with Gasteiger partial charge in [-0.05, 0) is 19.1 Å². The first-order valence-electron chi connectivity index (χ1n) is 5.86. The van der Waals surface area contributed by atoms with Gasteiger partial charge in [0.1, 0.15) is 12.0 Å². The lowest BCUT2D eigenvalue weighted by molar-refractivity contribution is 0.101. The minimum atomic E-state index is -0.0220. The van der Waals surface area contributed by atoms with E-state index in [-0.39, 0.29) is 5.78 Å². The van der Waals surface area contributed by atoms with E-state index >= 15 is 0 Å². The van der Waals surface area contributed by atoms with E-state index in [1.165, 1.54) is 13.3 Å². The quantitative estimate of drug-likeness (QED) is 0.541. The number of aromatic amines is 1. The maximum Gasteiger partial charge on any atom is 0.162 e. The van der Waals surface area contributed by atoms with Crippen LogP contribution in [0.15, 0.2) is 36.8 Å². The first-order chi connectivity index (χ1) is 9.16. The molecular formula is C14H12N4O. The lowest BCUT2D eigenvalue weighted by Gasteiger charge is -2.04. The second kappa shape index (κ2) is 4.20. The van der Waals surface area contributed by atoms with Gasteiger partial charge in [0.05, 0.1) is 11.1 Å². The van der Waals surface area contributed by atoms with E-state index in [1.807, 2.05) is 24.3 Å². The van der Waals surface area contributed by atoms with Gasteiger partial charge in [0, 0.05) is 23.0 Å². The number of benzene rings is 1. The van der Waals surface area contributed by atoms with Crippen molar-refractivity contribution in [3.05, 3.63) is 42.4 Å². The van der Waals surface area contributed by atoms with Crippen LogP contribution in [0.3, 0.4) is 0 Å².